The quantitative estimate of drug-likeness (QED) is 0.746. The fourth-order valence-corrected chi connectivity index (χ4v) is 2.90. The zero-order valence-corrected chi connectivity index (χ0v) is 13.3. The third-order valence-electron chi connectivity index (χ3n) is 4.25. The molecule has 1 aromatic carbocycles. The third kappa shape index (κ3) is 4.99. The van der Waals surface area contributed by atoms with E-state index in [1.807, 2.05) is 6.07 Å². The Morgan fingerprint density at radius 3 is 2.57 bits per heavy atom. The van der Waals surface area contributed by atoms with Crippen molar-refractivity contribution in [1.29, 1.82) is 0 Å². The highest BCUT2D eigenvalue weighted by Gasteiger charge is 2.16. The van der Waals surface area contributed by atoms with Gasteiger partial charge in [0.05, 0.1) is 6.10 Å². The first-order valence-electron chi connectivity index (χ1n) is 8.40. The second kappa shape index (κ2) is 8.38. The van der Waals surface area contributed by atoms with E-state index in [1.54, 1.807) is 12.1 Å². The first-order chi connectivity index (χ1) is 10.2. The van der Waals surface area contributed by atoms with Crippen molar-refractivity contribution >= 4 is 0 Å². The monoisotopic (exact) mass is 293 g/mol. The minimum Gasteiger partial charge on any atom is -0.487 e. The predicted molar refractivity (Wildman–Crippen MR) is 85.2 cm³/mol. The largest absolute Gasteiger partial charge is 0.487 e. The van der Waals surface area contributed by atoms with Gasteiger partial charge in [0, 0.05) is 6.04 Å². The Morgan fingerprint density at radius 2 is 1.95 bits per heavy atom. The number of hydrogen-bond acceptors (Lipinski definition) is 2. The maximum Gasteiger partial charge on any atom is 0.165 e. The molecule has 0 aliphatic heterocycles. The average Bonchev–Trinajstić information content (AvgIpc) is 2.75. The average molecular weight is 293 g/mol. The molecule has 0 radical (unpaired) electrons. The van der Waals surface area contributed by atoms with Gasteiger partial charge in [-0.25, -0.2) is 4.39 Å². The molecule has 0 spiro atoms. The molecule has 2 rings (SSSR count). The molecule has 3 heteroatoms. The lowest BCUT2D eigenvalue weighted by atomic mass is 10.1. The first-order valence-corrected chi connectivity index (χ1v) is 8.40. The fourth-order valence-electron chi connectivity index (χ4n) is 2.90. The summed E-state index contributed by atoms with van der Waals surface area (Å²) in [6.07, 6.45) is 8.32. The highest BCUT2D eigenvalue weighted by Crippen LogP contribution is 2.27. The van der Waals surface area contributed by atoms with Crippen LogP contribution in [0.15, 0.2) is 18.2 Å². The Morgan fingerprint density at radius 1 is 1.24 bits per heavy atom. The SMILES string of the molecule is CCCNC(C)c1ccc(OC2CCCCCC2)c(F)c1. The molecular formula is C18H28FNO. The predicted octanol–water partition coefficient (Wildman–Crippen LogP) is 4.99. The molecule has 1 saturated carbocycles. The van der Waals surface area contributed by atoms with E-state index in [0.717, 1.165) is 31.4 Å². The lowest BCUT2D eigenvalue weighted by molar-refractivity contribution is 0.176. The number of rotatable bonds is 6. The van der Waals surface area contributed by atoms with Gasteiger partial charge in [0.1, 0.15) is 0 Å². The van der Waals surface area contributed by atoms with E-state index in [9.17, 15) is 4.39 Å². The van der Waals surface area contributed by atoms with Gasteiger partial charge in [-0.1, -0.05) is 25.8 Å². The summed E-state index contributed by atoms with van der Waals surface area (Å²) in [6, 6.07) is 5.55. The van der Waals surface area contributed by atoms with Crippen LogP contribution in [0.4, 0.5) is 4.39 Å². The van der Waals surface area contributed by atoms with Crippen LogP contribution in [0.1, 0.15) is 70.4 Å². The summed E-state index contributed by atoms with van der Waals surface area (Å²) in [4.78, 5) is 0. The second-order valence-corrected chi connectivity index (χ2v) is 6.10. The summed E-state index contributed by atoms with van der Waals surface area (Å²) in [5.41, 5.74) is 0.981. The lowest BCUT2D eigenvalue weighted by Crippen LogP contribution is -2.20. The molecule has 0 amide bonds. The van der Waals surface area contributed by atoms with Crippen molar-refractivity contribution in [2.24, 2.45) is 0 Å². The second-order valence-electron chi connectivity index (χ2n) is 6.10. The number of ether oxygens (including phenoxy) is 1. The van der Waals surface area contributed by atoms with Gasteiger partial charge in [-0.15, -0.1) is 0 Å². The zero-order valence-electron chi connectivity index (χ0n) is 13.3. The van der Waals surface area contributed by atoms with Crippen molar-refractivity contribution in [2.75, 3.05) is 6.54 Å². The fraction of sp³-hybridized carbons (Fsp3) is 0.667. The van der Waals surface area contributed by atoms with Crippen LogP contribution in [0, 0.1) is 5.82 Å². The van der Waals surface area contributed by atoms with E-state index in [0.29, 0.717) is 5.75 Å². The molecule has 0 bridgehead atoms. The van der Waals surface area contributed by atoms with Gasteiger partial charge in [-0.3, -0.25) is 0 Å². The van der Waals surface area contributed by atoms with E-state index in [2.05, 4.69) is 19.2 Å². The Hall–Kier alpha value is -1.09. The maximum absolute atomic E-state index is 14.2. The smallest absolute Gasteiger partial charge is 0.165 e. The summed E-state index contributed by atoms with van der Waals surface area (Å²) in [5, 5.41) is 3.38. The number of halogens is 1. The molecule has 1 aromatic rings. The minimum atomic E-state index is -0.234. The lowest BCUT2D eigenvalue weighted by Gasteiger charge is -2.19. The minimum absolute atomic E-state index is 0.173. The Balaban J connectivity index is 1.97. The summed E-state index contributed by atoms with van der Waals surface area (Å²) in [5.74, 6) is 0.176. The van der Waals surface area contributed by atoms with Gasteiger partial charge in [-0.2, -0.15) is 0 Å². The molecule has 1 fully saturated rings. The van der Waals surface area contributed by atoms with Crippen molar-refractivity contribution in [1.82, 2.24) is 5.32 Å². The van der Waals surface area contributed by atoms with Crippen LogP contribution >= 0.6 is 0 Å². The van der Waals surface area contributed by atoms with Crippen LogP contribution in [-0.4, -0.2) is 12.6 Å². The van der Waals surface area contributed by atoms with Crippen molar-refractivity contribution < 1.29 is 9.13 Å². The summed E-state index contributed by atoms with van der Waals surface area (Å²) in [7, 11) is 0. The van der Waals surface area contributed by atoms with Gasteiger partial charge < -0.3 is 10.1 Å². The molecule has 0 saturated heterocycles. The molecule has 118 valence electrons. The summed E-state index contributed by atoms with van der Waals surface area (Å²) < 4.78 is 20.1. The molecule has 1 aliphatic rings. The van der Waals surface area contributed by atoms with Crippen LogP contribution in [0.3, 0.4) is 0 Å². The molecule has 2 nitrogen and oxygen atoms in total. The van der Waals surface area contributed by atoms with Crippen LogP contribution in [0.5, 0.6) is 5.75 Å². The summed E-state index contributed by atoms with van der Waals surface area (Å²) in [6.45, 7) is 5.14. The maximum atomic E-state index is 14.2. The van der Waals surface area contributed by atoms with Crippen molar-refractivity contribution in [3.63, 3.8) is 0 Å². The van der Waals surface area contributed by atoms with Crippen LogP contribution in [0.2, 0.25) is 0 Å². The third-order valence-corrected chi connectivity index (χ3v) is 4.25. The van der Waals surface area contributed by atoms with Gasteiger partial charge in [-0.05, 0) is 63.3 Å². The van der Waals surface area contributed by atoms with E-state index >= 15 is 0 Å². The van der Waals surface area contributed by atoms with E-state index < -0.39 is 0 Å². The van der Waals surface area contributed by atoms with Gasteiger partial charge in [0.25, 0.3) is 0 Å². The summed E-state index contributed by atoms with van der Waals surface area (Å²) >= 11 is 0. The number of nitrogens with one attached hydrogen (secondary N) is 1. The van der Waals surface area contributed by atoms with Gasteiger partial charge in [0.15, 0.2) is 11.6 Å². The number of benzene rings is 1. The highest BCUT2D eigenvalue weighted by atomic mass is 19.1. The van der Waals surface area contributed by atoms with Gasteiger partial charge in [0.2, 0.25) is 0 Å². The first kappa shape index (κ1) is 16.3. The number of hydrogen-bond donors (Lipinski definition) is 1. The molecule has 1 atom stereocenters. The molecule has 1 aliphatic carbocycles. The Labute approximate surface area is 128 Å². The van der Waals surface area contributed by atoms with Gasteiger partial charge >= 0.3 is 0 Å². The normalized spacial score (nSPS) is 18.2. The van der Waals surface area contributed by atoms with E-state index in [4.69, 9.17) is 4.74 Å². The van der Waals surface area contributed by atoms with E-state index in [1.165, 1.54) is 25.7 Å². The topological polar surface area (TPSA) is 21.3 Å². The molecule has 0 heterocycles. The Kier molecular flexibility index (Phi) is 6.50. The van der Waals surface area contributed by atoms with Crippen molar-refractivity contribution in [3.8, 4) is 5.75 Å². The molecule has 21 heavy (non-hydrogen) atoms. The zero-order chi connectivity index (χ0) is 15.1. The van der Waals surface area contributed by atoms with Crippen LogP contribution in [-0.2, 0) is 0 Å². The molecule has 1 unspecified atom stereocenters. The van der Waals surface area contributed by atoms with Crippen molar-refractivity contribution in [2.45, 2.75) is 70.9 Å². The van der Waals surface area contributed by atoms with E-state index in [-0.39, 0.29) is 18.0 Å². The highest BCUT2D eigenvalue weighted by molar-refractivity contribution is 5.31. The molecular weight excluding hydrogens is 265 g/mol. The molecule has 1 N–H and O–H groups in total. The van der Waals surface area contributed by atoms with Crippen LogP contribution in [0.25, 0.3) is 0 Å². The molecule has 0 aromatic heterocycles. The van der Waals surface area contributed by atoms with Crippen molar-refractivity contribution in [3.05, 3.63) is 29.6 Å². The Bertz CT molecular complexity index is 427. The van der Waals surface area contributed by atoms with Crippen LogP contribution < -0.4 is 10.1 Å². The standard InChI is InChI=1S/C18H28FNO/c1-3-12-20-14(2)15-10-11-18(17(19)13-15)21-16-8-6-4-5-7-9-16/h10-11,13-14,16,20H,3-9,12H2,1-2H3.